The maximum Gasteiger partial charge on any atom is 0.469 e. The number of carbonyl (C=O) groups is 1. The molecular weight excluding hydrogens is 363 g/mol. The third-order valence-electron chi connectivity index (χ3n) is 3.45. The zero-order valence-electron chi connectivity index (χ0n) is 15.5. The van der Waals surface area contributed by atoms with Crippen LogP contribution in [0.2, 0.25) is 0 Å². The van der Waals surface area contributed by atoms with Gasteiger partial charge in [-0.1, -0.05) is 62.9 Å². The zero-order chi connectivity index (χ0) is 17.1. The summed E-state index contributed by atoms with van der Waals surface area (Å²) in [5.74, 6) is -0.135. The molecule has 1 atom stereocenters. The average molecular weight is 389 g/mol. The summed E-state index contributed by atoms with van der Waals surface area (Å²) in [5.41, 5.74) is 0.750. The van der Waals surface area contributed by atoms with Gasteiger partial charge in [-0.05, 0) is 12.0 Å². The molecule has 1 aromatic rings. The minimum Gasteiger partial charge on any atom is -0.347 e. The standard InChI is InChI=1S/C16H26NO5P.2Na/c1-2-3-4-5-9-12-16(18)17-15(13-22-23(19,20)21)14-10-7-6-8-11-14;;/h6-8,10-11,15H,2-5,9,12-13H2,1H3,(H,17,18)(H2,19,20,21);;/t15-;;/m0../s1. The van der Waals surface area contributed by atoms with E-state index in [1.807, 2.05) is 6.07 Å². The van der Waals surface area contributed by atoms with Crippen molar-refractivity contribution >= 4 is 72.8 Å². The van der Waals surface area contributed by atoms with Gasteiger partial charge < -0.3 is 15.1 Å². The smallest absolute Gasteiger partial charge is 0.347 e. The summed E-state index contributed by atoms with van der Waals surface area (Å²) in [6, 6.07) is 8.43. The first kappa shape index (κ1) is 28.0. The molecule has 0 spiro atoms. The third kappa shape index (κ3) is 14.5. The monoisotopic (exact) mass is 389 g/mol. The van der Waals surface area contributed by atoms with E-state index in [1.54, 1.807) is 24.3 Å². The van der Waals surface area contributed by atoms with E-state index in [4.69, 9.17) is 9.79 Å². The molecule has 0 aliphatic carbocycles. The molecule has 3 N–H and O–H groups in total. The van der Waals surface area contributed by atoms with Crippen molar-refractivity contribution in [2.75, 3.05) is 6.61 Å². The second-order valence-electron chi connectivity index (χ2n) is 5.48. The molecule has 1 amide bonds. The molecule has 0 unspecified atom stereocenters. The van der Waals surface area contributed by atoms with Crippen LogP contribution in [-0.2, 0) is 13.9 Å². The van der Waals surface area contributed by atoms with Crippen molar-refractivity contribution in [1.82, 2.24) is 5.32 Å². The van der Waals surface area contributed by atoms with Crippen LogP contribution in [0.1, 0.15) is 57.1 Å². The SMILES string of the molecule is CCCCCCCC(=O)N[C@@H](COP(=O)(O)O)c1ccccc1.[Na].[Na]. The Bertz CT molecular complexity index is 513. The summed E-state index contributed by atoms with van der Waals surface area (Å²) in [6.45, 7) is 1.87. The van der Waals surface area contributed by atoms with Crippen LogP contribution < -0.4 is 5.32 Å². The predicted octanol–water partition coefficient (Wildman–Crippen LogP) is 2.55. The molecule has 1 rings (SSSR count). The Labute approximate surface area is 194 Å². The Morgan fingerprint density at radius 3 is 2.28 bits per heavy atom. The molecular formula is C16H26NNa2O5P. The third-order valence-corrected chi connectivity index (χ3v) is 3.94. The molecule has 0 fully saturated rings. The number of amides is 1. The van der Waals surface area contributed by atoms with Gasteiger partial charge in [-0.2, -0.15) is 0 Å². The van der Waals surface area contributed by atoms with Crippen molar-refractivity contribution < 1.29 is 23.7 Å². The van der Waals surface area contributed by atoms with Gasteiger partial charge in [0.25, 0.3) is 0 Å². The van der Waals surface area contributed by atoms with Crippen molar-refractivity contribution in [3.63, 3.8) is 0 Å². The summed E-state index contributed by atoms with van der Waals surface area (Å²) >= 11 is 0. The molecule has 0 aromatic heterocycles. The van der Waals surface area contributed by atoms with E-state index < -0.39 is 13.9 Å². The zero-order valence-corrected chi connectivity index (χ0v) is 20.4. The number of unbranched alkanes of at least 4 members (excludes halogenated alkanes) is 4. The van der Waals surface area contributed by atoms with Crippen molar-refractivity contribution in [3.8, 4) is 0 Å². The molecule has 0 aliphatic rings. The van der Waals surface area contributed by atoms with Gasteiger partial charge in [0.2, 0.25) is 5.91 Å². The Kier molecular flexibility index (Phi) is 17.7. The second-order valence-corrected chi connectivity index (χ2v) is 6.72. The molecule has 0 saturated carbocycles. The number of phosphoric ester groups is 1. The Morgan fingerprint density at radius 2 is 1.72 bits per heavy atom. The number of benzene rings is 1. The van der Waals surface area contributed by atoms with E-state index in [9.17, 15) is 9.36 Å². The number of hydrogen-bond acceptors (Lipinski definition) is 3. The fourth-order valence-corrected chi connectivity index (χ4v) is 2.58. The summed E-state index contributed by atoms with van der Waals surface area (Å²) < 4.78 is 15.4. The molecule has 0 saturated heterocycles. The van der Waals surface area contributed by atoms with Gasteiger partial charge in [0.15, 0.2) is 0 Å². The maximum atomic E-state index is 12.0. The normalized spacial score (nSPS) is 11.8. The van der Waals surface area contributed by atoms with Crippen molar-refractivity contribution in [2.24, 2.45) is 0 Å². The molecule has 25 heavy (non-hydrogen) atoms. The van der Waals surface area contributed by atoms with E-state index >= 15 is 0 Å². The van der Waals surface area contributed by atoms with Crippen molar-refractivity contribution in [2.45, 2.75) is 51.5 Å². The first-order valence-electron chi connectivity index (χ1n) is 7.96. The number of hydrogen-bond donors (Lipinski definition) is 3. The fourth-order valence-electron chi connectivity index (χ4n) is 2.23. The molecule has 9 heteroatoms. The molecule has 0 bridgehead atoms. The van der Waals surface area contributed by atoms with Gasteiger partial charge in [-0.25, -0.2) is 4.57 Å². The molecule has 0 aliphatic heterocycles. The first-order valence-corrected chi connectivity index (χ1v) is 9.50. The van der Waals surface area contributed by atoms with Gasteiger partial charge in [-0.3, -0.25) is 9.32 Å². The van der Waals surface area contributed by atoms with Crippen LogP contribution >= 0.6 is 7.82 Å². The molecule has 132 valence electrons. The minimum absolute atomic E-state index is 0. The Balaban J connectivity index is 0. The van der Waals surface area contributed by atoms with Crippen molar-refractivity contribution in [1.29, 1.82) is 0 Å². The van der Waals surface area contributed by atoms with Gasteiger partial charge >= 0.3 is 7.82 Å². The largest absolute Gasteiger partial charge is 0.469 e. The maximum absolute atomic E-state index is 12.0. The predicted molar refractivity (Wildman–Crippen MR) is 100 cm³/mol. The molecule has 2 radical (unpaired) electrons. The van der Waals surface area contributed by atoms with Gasteiger partial charge in [0, 0.05) is 65.5 Å². The summed E-state index contributed by atoms with van der Waals surface area (Å²) in [4.78, 5) is 29.7. The van der Waals surface area contributed by atoms with E-state index in [1.165, 1.54) is 6.42 Å². The van der Waals surface area contributed by atoms with Gasteiger partial charge in [0.1, 0.15) is 0 Å². The molecule has 6 nitrogen and oxygen atoms in total. The van der Waals surface area contributed by atoms with Gasteiger partial charge in [-0.15, -0.1) is 0 Å². The van der Waals surface area contributed by atoms with E-state index in [2.05, 4.69) is 16.8 Å². The van der Waals surface area contributed by atoms with Crippen LogP contribution in [0.5, 0.6) is 0 Å². The van der Waals surface area contributed by atoms with E-state index in [0.717, 1.165) is 31.2 Å². The van der Waals surface area contributed by atoms with E-state index in [-0.39, 0.29) is 71.6 Å². The van der Waals surface area contributed by atoms with Gasteiger partial charge in [0.05, 0.1) is 12.6 Å². The average Bonchev–Trinajstić information content (AvgIpc) is 2.51. The second kappa shape index (κ2) is 15.8. The fraction of sp³-hybridized carbons (Fsp3) is 0.562. The molecule has 1 aromatic carbocycles. The molecule has 0 heterocycles. The quantitative estimate of drug-likeness (QED) is 0.307. The Morgan fingerprint density at radius 1 is 1.12 bits per heavy atom. The number of phosphoric acid groups is 1. The van der Waals surface area contributed by atoms with Crippen LogP contribution in [0.3, 0.4) is 0 Å². The van der Waals surface area contributed by atoms with Crippen molar-refractivity contribution in [3.05, 3.63) is 35.9 Å². The number of rotatable bonds is 11. The van der Waals surface area contributed by atoms with Crippen LogP contribution in [0.4, 0.5) is 0 Å². The summed E-state index contributed by atoms with van der Waals surface area (Å²) in [5, 5.41) is 2.79. The summed E-state index contributed by atoms with van der Waals surface area (Å²) in [7, 11) is -4.57. The summed E-state index contributed by atoms with van der Waals surface area (Å²) in [6.07, 6.45) is 5.67. The topological polar surface area (TPSA) is 95.9 Å². The van der Waals surface area contributed by atoms with Crippen LogP contribution in [0.15, 0.2) is 30.3 Å². The first-order chi connectivity index (χ1) is 10.9. The van der Waals surface area contributed by atoms with Crippen LogP contribution in [0, 0.1) is 0 Å². The van der Waals surface area contributed by atoms with Crippen LogP contribution in [-0.4, -0.2) is 81.4 Å². The van der Waals surface area contributed by atoms with Crippen LogP contribution in [0.25, 0.3) is 0 Å². The minimum atomic E-state index is -4.57. The number of carbonyl (C=O) groups excluding carboxylic acids is 1. The van der Waals surface area contributed by atoms with E-state index in [0.29, 0.717) is 6.42 Å². The Hall–Kier alpha value is 0.800. The number of nitrogens with one attached hydrogen (secondary N) is 1.